The maximum atomic E-state index is 14.6. The molecule has 170 valence electrons. The molecule has 1 aliphatic rings. The van der Waals surface area contributed by atoms with E-state index in [9.17, 15) is 26.3 Å². The van der Waals surface area contributed by atoms with Crippen molar-refractivity contribution in [3.05, 3.63) is 76.9 Å². The number of nitriles is 1. The van der Waals surface area contributed by atoms with Crippen LogP contribution in [0.5, 0.6) is 5.75 Å². The first-order valence-corrected chi connectivity index (χ1v) is 10.2. The predicted octanol–water partition coefficient (Wildman–Crippen LogP) is 7.48. The Kier molecular flexibility index (Phi) is 7.17. The normalized spacial score (nSPS) is 18.8. The van der Waals surface area contributed by atoms with Gasteiger partial charge in [-0.3, -0.25) is 0 Å². The molecule has 2 nitrogen and oxygen atoms in total. The molecule has 0 radical (unpaired) electrons. The number of hydrogen-bond donors (Lipinski definition) is 0. The molecule has 1 aliphatic carbocycles. The average Bonchev–Trinajstić information content (AvgIpc) is 2.71. The highest BCUT2D eigenvalue weighted by atomic mass is 19.3. The third kappa shape index (κ3) is 5.09. The van der Waals surface area contributed by atoms with Crippen LogP contribution < -0.4 is 4.74 Å². The van der Waals surface area contributed by atoms with Crippen LogP contribution in [0.3, 0.4) is 0 Å². The number of nitrogens with zero attached hydrogens (tertiary/aromatic N) is 1. The summed E-state index contributed by atoms with van der Waals surface area (Å²) in [6.07, 6.45) is 2.33. The summed E-state index contributed by atoms with van der Waals surface area (Å²) in [5.41, 5.74) is -2.34. The Morgan fingerprint density at radius 1 is 0.969 bits per heavy atom. The van der Waals surface area contributed by atoms with Gasteiger partial charge in [0, 0.05) is 12.1 Å². The third-order valence-corrected chi connectivity index (χ3v) is 5.83. The molecule has 0 aromatic heterocycles. The van der Waals surface area contributed by atoms with Crippen LogP contribution in [0.1, 0.15) is 61.1 Å². The van der Waals surface area contributed by atoms with E-state index in [0.29, 0.717) is 30.9 Å². The van der Waals surface area contributed by atoms with E-state index in [0.717, 1.165) is 37.8 Å². The Morgan fingerprint density at radius 2 is 1.53 bits per heavy atom. The van der Waals surface area contributed by atoms with Crippen molar-refractivity contribution in [2.24, 2.45) is 5.92 Å². The van der Waals surface area contributed by atoms with E-state index in [-0.39, 0.29) is 11.5 Å². The highest BCUT2D eigenvalue weighted by Crippen LogP contribution is 2.41. The summed E-state index contributed by atoms with van der Waals surface area (Å²) < 4.78 is 89.8. The minimum atomic E-state index is -4.54. The topological polar surface area (TPSA) is 33.0 Å². The molecule has 0 bridgehead atoms. The van der Waals surface area contributed by atoms with Crippen LogP contribution in [0.4, 0.5) is 26.3 Å². The van der Waals surface area contributed by atoms with Gasteiger partial charge < -0.3 is 4.74 Å². The first kappa shape index (κ1) is 23.7. The molecular weight excluding hydrogens is 432 g/mol. The quantitative estimate of drug-likeness (QED) is 0.322. The zero-order chi connectivity index (χ0) is 23.5. The standard InChI is InChI=1S/C24H21F6NO/c1-2-3-4-14-5-7-15(8-6-14)16-9-21(27)23(22(28)10-16)24(29,30)32-17-11-19(25)18(13-31)20(26)12-17/h2,9-12,14-15H,1,3-8H2/t14-,15-. The van der Waals surface area contributed by atoms with Crippen molar-refractivity contribution < 1.29 is 31.1 Å². The first-order chi connectivity index (χ1) is 15.2. The highest BCUT2D eigenvalue weighted by Gasteiger charge is 2.42. The number of ether oxygens (including phenoxy) is 1. The molecule has 2 aromatic carbocycles. The second-order valence-electron chi connectivity index (χ2n) is 7.94. The Labute approximate surface area is 182 Å². The molecular formula is C24H21F6NO. The van der Waals surface area contributed by atoms with Crippen molar-refractivity contribution in [2.45, 2.75) is 50.6 Å². The van der Waals surface area contributed by atoms with E-state index < -0.39 is 46.3 Å². The maximum absolute atomic E-state index is 14.6. The Hall–Kier alpha value is -2.95. The van der Waals surface area contributed by atoms with Gasteiger partial charge in [0.25, 0.3) is 0 Å². The second-order valence-corrected chi connectivity index (χ2v) is 7.94. The Balaban J connectivity index is 1.80. The van der Waals surface area contributed by atoms with Crippen LogP contribution in [0.2, 0.25) is 0 Å². The summed E-state index contributed by atoms with van der Waals surface area (Å²) in [6.45, 7) is 3.69. The maximum Gasteiger partial charge on any atom is 0.432 e. The van der Waals surface area contributed by atoms with Crippen molar-refractivity contribution >= 4 is 0 Å². The van der Waals surface area contributed by atoms with Gasteiger partial charge in [-0.1, -0.05) is 6.08 Å². The molecule has 8 heteroatoms. The summed E-state index contributed by atoms with van der Waals surface area (Å²) in [4.78, 5) is 0. The average molecular weight is 453 g/mol. The van der Waals surface area contributed by atoms with Gasteiger partial charge in [-0.2, -0.15) is 14.0 Å². The van der Waals surface area contributed by atoms with Gasteiger partial charge in [-0.25, -0.2) is 17.6 Å². The summed E-state index contributed by atoms with van der Waals surface area (Å²) in [7, 11) is 0. The molecule has 0 heterocycles. The summed E-state index contributed by atoms with van der Waals surface area (Å²) in [5, 5.41) is 8.64. The number of halogens is 6. The largest absolute Gasteiger partial charge is 0.432 e. The van der Waals surface area contributed by atoms with E-state index in [2.05, 4.69) is 11.3 Å². The van der Waals surface area contributed by atoms with E-state index in [1.54, 1.807) is 0 Å². The molecule has 0 atom stereocenters. The van der Waals surface area contributed by atoms with Gasteiger partial charge in [0.05, 0.1) is 0 Å². The van der Waals surface area contributed by atoms with Crippen molar-refractivity contribution in [3.63, 3.8) is 0 Å². The van der Waals surface area contributed by atoms with Gasteiger partial charge >= 0.3 is 6.11 Å². The molecule has 0 N–H and O–H groups in total. The smallest absolute Gasteiger partial charge is 0.429 e. The fraction of sp³-hybridized carbons (Fsp3) is 0.375. The van der Waals surface area contributed by atoms with E-state index in [4.69, 9.17) is 5.26 Å². The van der Waals surface area contributed by atoms with Crippen molar-refractivity contribution in [1.29, 1.82) is 5.26 Å². The van der Waals surface area contributed by atoms with Crippen LogP contribution >= 0.6 is 0 Å². The predicted molar refractivity (Wildman–Crippen MR) is 106 cm³/mol. The van der Waals surface area contributed by atoms with Crippen molar-refractivity contribution in [1.82, 2.24) is 0 Å². The Bertz CT molecular complexity index is 991. The minimum absolute atomic E-state index is 0.149. The molecule has 3 rings (SSSR count). The van der Waals surface area contributed by atoms with Crippen molar-refractivity contribution in [2.75, 3.05) is 0 Å². The van der Waals surface area contributed by atoms with E-state index in [1.807, 2.05) is 6.08 Å². The molecule has 0 unspecified atom stereocenters. The van der Waals surface area contributed by atoms with Crippen LogP contribution in [0, 0.1) is 40.5 Å². The van der Waals surface area contributed by atoms with Gasteiger partial charge in [-0.15, -0.1) is 6.58 Å². The lowest BCUT2D eigenvalue weighted by Crippen LogP contribution is -2.26. The van der Waals surface area contributed by atoms with Gasteiger partial charge in [0.2, 0.25) is 0 Å². The number of alkyl halides is 2. The zero-order valence-electron chi connectivity index (χ0n) is 17.1. The lowest BCUT2D eigenvalue weighted by atomic mass is 9.77. The summed E-state index contributed by atoms with van der Waals surface area (Å²) in [5.74, 6) is -6.53. The fourth-order valence-electron chi connectivity index (χ4n) is 4.16. The molecule has 0 amide bonds. The lowest BCUT2D eigenvalue weighted by Gasteiger charge is -2.29. The SMILES string of the molecule is C=CCC[C@H]1CC[C@H](c2cc(F)c(C(F)(F)Oc3cc(F)c(C#N)c(F)c3)c(F)c2)CC1. The number of allylic oxidation sites excluding steroid dienone is 1. The monoisotopic (exact) mass is 453 g/mol. The summed E-state index contributed by atoms with van der Waals surface area (Å²) in [6, 6.07) is 3.67. The van der Waals surface area contributed by atoms with Gasteiger partial charge in [-0.05, 0) is 68.1 Å². The minimum Gasteiger partial charge on any atom is -0.429 e. The molecule has 0 saturated heterocycles. The van der Waals surface area contributed by atoms with Gasteiger partial charge in [0.15, 0.2) is 0 Å². The van der Waals surface area contributed by atoms with Crippen LogP contribution in [-0.2, 0) is 6.11 Å². The molecule has 32 heavy (non-hydrogen) atoms. The second kappa shape index (κ2) is 9.68. The van der Waals surface area contributed by atoms with Crippen LogP contribution in [0.15, 0.2) is 36.9 Å². The molecule has 1 saturated carbocycles. The lowest BCUT2D eigenvalue weighted by molar-refractivity contribution is -0.189. The first-order valence-electron chi connectivity index (χ1n) is 10.2. The van der Waals surface area contributed by atoms with Crippen LogP contribution in [0.25, 0.3) is 0 Å². The number of benzene rings is 2. The number of rotatable bonds is 7. The number of hydrogen-bond acceptors (Lipinski definition) is 2. The fourth-order valence-corrected chi connectivity index (χ4v) is 4.16. The van der Waals surface area contributed by atoms with E-state index in [1.165, 1.54) is 6.07 Å². The third-order valence-electron chi connectivity index (χ3n) is 5.83. The molecule has 2 aromatic rings. The zero-order valence-corrected chi connectivity index (χ0v) is 17.1. The van der Waals surface area contributed by atoms with Crippen LogP contribution in [-0.4, -0.2) is 0 Å². The highest BCUT2D eigenvalue weighted by molar-refractivity contribution is 5.39. The van der Waals surface area contributed by atoms with Gasteiger partial charge in [0.1, 0.15) is 46.2 Å². The van der Waals surface area contributed by atoms with Crippen molar-refractivity contribution in [3.8, 4) is 11.8 Å². The molecule has 0 aliphatic heterocycles. The molecule has 1 fully saturated rings. The molecule has 0 spiro atoms. The van der Waals surface area contributed by atoms with E-state index >= 15 is 0 Å². The Morgan fingerprint density at radius 3 is 2.03 bits per heavy atom. The summed E-state index contributed by atoms with van der Waals surface area (Å²) >= 11 is 0.